The van der Waals surface area contributed by atoms with E-state index >= 15 is 0 Å². The van der Waals surface area contributed by atoms with Crippen LogP contribution in [0.15, 0.2) is 18.2 Å². The lowest BCUT2D eigenvalue weighted by Gasteiger charge is -2.32. The standard InChI is InChI=1S/C16H24N2O/c1-12-7-6-8-13(2)16(12)17-15(19)11-18-10-5-4-9-14(18)3/h6-8,14H,4-5,9-11H2,1-3H3,(H,17,19)/t14-/m0/s1. The van der Waals surface area contributed by atoms with Gasteiger partial charge in [-0.3, -0.25) is 9.69 Å². The SMILES string of the molecule is Cc1cccc(C)c1NC(=O)CN1CCCC[C@@H]1C. The lowest BCUT2D eigenvalue weighted by atomic mass is 10.0. The number of carbonyl (C=O) groups is 1. The molecule has 1 amide bonds. The van der Waals surface area contributed by atoms with Gasteiger partial charge in [0.25, 0.3) is 0 Å². The van der Waals surface area contributed by atoms with E-state index in [1.54, 1.807) is 0 Å². The first-order chi connectivity index (χ1) is 9.08. The van der Waals surface area contributed by atoms with Crippen molar-refractivity contribution in [3.63, 3.8) is 0 Å². The summed E-state index contributed by atoms with van der Waals surface area (Å²) in [5, 5.41) is 3.07. The van der Waals surface area contributed by atoms with Gasteiger partial charge >= 0.3 is 0 Å². The maximum absolute atomic E-state index is 12.2. The lowest BCUT2D eigenvalue weighted by molar-refractivity contribution is -0.118. The molecule has 3 nitrogen and oxygen atoms in total. The first-order valence-electron chi connectivity index (χ1n) is 7.18. The van der Waals surface area contributed by atoms with Crippen molar-refractivity contribution in [2.24, 2.45) is 0 Å². The fourth-order valence-corrected chi connectivity index (χ4v) is 2.77. The van der Waals surface area contributed by atoms with Crippen LogP contribution in [0.2, 0.25) is 0 Å². The predicted octanol–water partition coefficient (Wildman–Crippen LogP) is 3.12. The number of rotatable bonds is 3. The summed E-state index contributed by atoms with van der Waals surface area (Å²) in [6.45, 7) is 7.83. The Labute approximate surface area is 116 Å². The van der Waals surface area contributed by atoms with Gasteiger partial charge in [-0.25, -0.2) is 0 Å². The van der Waals surface area contributed by atoms with Crippen molar-refractivity contribution < 1.29 is 4.79 Å². The summed E-state index contributed by atoms with van der Waals surface area (Å²) in [4.78, 5) is 14.5. The van der Waals surface area contributed by atoms with Crippen LogP contribution in [-0.2, 0) is 4.79 Å². The summed E-state index contributed by atoms with van der Waals surface area (Å²) < 4.78 is 0. The molecule has 1 atom stereocenters. The summed E-state index contributed by atoms with van der Waals surface area (Å²) in [7, 11) is 0. The maximum atomic E-state index is 12.2. The van der Waals surface area contributed by atoms with Crippen LogP contribution in [0.4, 0.5) is 5.69 Å². The Balaban J connectivity index is 1.97. The highest BCUT2D eigenvalue weighted by molar-refractivity contribution is 5.93. The number of piperidine rings is 1. The predicted molar refractivity (Wildman–Crippen MR) is 79.4 cm³/mol. The number of nitrogens with zero attached hydrogens (tertiary/aromatic N) is 1. The third-order valence-corrected chi connectivity index (χ3v) is 4.03. The Bertz CT molecular complexity index is 436. The third kappa shape index (κ3) is 3.57. The highest BCUT2D eigenvalue weighted by atomic mass is 16.2. The maximum Gasteiger partial charge on any atom is 0.238 e. The van der Waals surface area contributed by atoms with E-state index in [4.69, 9.17) is 0 Å². The molecule has 3 heteroatoms. The summed E-state index contributed by atoms with van der Waals surface area (Å²) in [5.74, 6) is 0.103. The molecule has 1 aromatic carbocycles. The summed E-state index contributed by atoms with van der Waals surface area (Å²) in [6, 6.07) is 6.61. The first-order valence-corrected chi connectivity index (χ1v) is 7.18. The van der Waals surface area contributed by atoms with E-state index in [2.05, 4.69) is 17.1 Å². The Kier molecular flexibility index (Phi) is 4.59. The van der Waals surface area contributed by atoms with Gasteiger partial charge in [0.15, 0.2) is 0 Å². The zero-order chi connectivity index (χ0) is 13.8. The average molecular weight is 260 g/mol. The van der Waals surface area contributed by atoms with Crippen molar-refractivity contribution in [3.05, 3.63) is 29.3 Å². The number of benzene rings is 1. The van der Waals surface area contributed by atoms with E-state index in [0.717, 1.165) is 23.4 Å². The molecule has 19 heavy (non-hydrogen) atoms. The van der Waals surface area contributed by atoms with Gasteiger partial charge < -0.3 is 5.32 Å². The van der Waals surface area contributed by atoms with E-state index in [1.807, 2.05) is 32.0 Å². The molecule has 0 saturated carbocycles. The molecular formula is C16H24N2O. The van der Waals surface area contributed by atoms with Crippen molar-refractivity contribution in [2.75, 3.05) is 18.4 Å². The molecule has 0 unspecified atom stereocenters. The number of carbonyl (C=O) groups excluding carboxylic acids is 1. The van der Waals surface area contributed by atoms with Crippen molar-refractivity contribution in [2.45, 2.75) is 46.1 Å². The molecule has 1 fully saturated rings. The van der Waals surface area contributed by atoms with Gasteiger partial charge in [0.2, 0.25) is 5.91 Å². The second-order valence-corrected chi connectivity index (χ2v) is 5.63. The molecule has 0 aliphatic carbocycles. The van der Waals surface area contributed by atoms with Crippen LogP contribution >= 0.6 is 0 Å². The van der Waals surface area contributed by atoms with E-state index in [9.17, 15) is 4.79 Å². The Morgan fingerprint density at radius 3 is 2.63 bits per heavy atom. The Hall–Kier alpha value is -1.35. The monoisotopic (exact) mass is 260 g/mol. The number of amides is 1. The first kappa shape index (κ1) is 14.1. The molecule has 1 heterocycles. The largest absolute Gasteiger partial charge is 0.324 e. The number of aryl methyl sites for hydroxylation is 2. The molecule has 0 bridgehead atoms. The van der Waals surface area contributed by atoms with Crippen molar-refractivity contribution >= 4 is 11.6 Å². The van der Waals surface area contributed by atoms with Gasteiger partial charge in [0.1, 0.15) is 0 Å². The molecular weight excluding hydrogens is 236 g/mol. The summed E-state index contributed by atoms with van der Waals surface area (Å²) in [6.07, 6.45) is 3.70. The van der Waals surface area contributed by atoms with E-state index < -0.39 is 0 Å². The van der Waals surface area contributed by atoms with Gasteiger partial charge in [-0.15, -0.1) is 0 Å². The fraction of sp³-hybridized carbons (Fsp3) is 0.562. The molecule has 0 radical (unpaired) electrons. The zero-order valence-electron chi connectivity index (χ0n) is 12.2. The number of anilines is 1. The number of hydrogen-bond donors (Lipinski definition) is 1. The number of para-hydroxylation sites is 1. The Morgan fingerprint density at radius 1 is 1.32 bits per heavy atom. The van der Waals surface area contributed by atoms with E-state index in [1.165, 1.54) is 19.3 Å². The number of nitrogens with one attached hydrogen (secondary N) is 1. The van der Waals surface area contributed by atoms with Gasteiger partial charge in [-0.05, 0) is 51.3 Å². The second kappa shape index (κ2) is 6.20. The topological polar surface area (TPSA) is 32.3 Å². The zero-order valence-corrected chi connectivity index (χ0v) is 12.2. The van der Waals surface area contributed by atoms with Crippen LogP contribution in [0.5, 0.6) is 0 Å². The minimum Gasteiger partial charge on any atom is -0.324 e. The number of hydrogen-bond acceptors (Lipinski definition) is 2. The normalized spacial score (nSPS) is 20.3. The third-order valence-electron chi connectivity index (χ3n) is 4.03. The van der Waals surface area contributed by atoms with Crippen molar-refractivity contribution in [3.8, 4) is 0 Å². The molecule has 2 rings (SSSR count). The highest BCUT2D eigenvalue weighted by Crippen LogP contribution is 2.20. The van der Waals surface area contributed by atoms with Crippen LogP contribution in [0, 0.1) is 13.8 Å². The molecule has 1 saturated heterocycles. The fourth-order valence-electron chi connectivity index (χ4n) is 2.77. The minimum atomic E-state index is 0.103. The van der Waals surface area contributed by atoms with E-state index in [-0.39, 0.29) is 5.91 Å². The smallest absolute Gasteiger partial charge is 0.238 e. The number of likely N-dealkylation sites (tertiary alicyclic amines) is 1. The van der Waals surface area contributed by atoms with Gasteiger partial charge in [0, 0.05) is 11.7 Å². The average Bonchev–Trinajstić information content (AvgIpc) is 2.37. The van der Waals surface area contributed by atoms with Crippen molar-refractivity contribution in [1.29, 1.82) is 0 Å². The Morgan fingerprint density at radius 2 is 2.00 bits per heavy atom. The van der Waals surface area contributed by atoms with Crippen molar-refractivity contribution in [1.82, 2.24) is 4.90 Å². The minimum absolute atomic E-state index is 0.103. The molecule has 1 N–H and O–H groups in total. The second-order valence-electron chi connectivity index (χ2n) is 5.63. The van der Waals surface area contributed by atoms with Crippen LogP contribution < -0.4 is 5.32 Å². The molecule has 104 valence electrons. The van der Waals surface area contributed by atoms with Gasteiger partial charge in [-0.1, -0.05) is 24.6 Å². The molecule has 1 aliphatic rings. The molecule has 0 spiro atoms. The van der Waals surface area contributed by atoms with E-state index in [0.29, 0.717) is 12.6 Å². The van der Waals surface area contributed by atoms with Crippen LogP contribution in [0.1, 0.15) is 37.3 Å². The lowest BCUT2D eigenvalue weighted by Crippen LogP contribution is -2.42. The van der Waals surface area contributed by atoms with Gasteiger partial charge in [0.05, 0.1) is 6.54 Å². The quantitative estimate of drug-likeness (QED) is 0.905. The molecule has 0 aromatic heterocycles. The van der Waals surface area contributed by atoms with Gasteiger partial charge in [-0.2, -0.15) is 0 Å². The molecule has 1 aromatic rings. The highest BCUT2D eigenvalue weighted by Gasteiger charge is 2.20. The molecule has 1 aliphatic heterocycles. The van der Waals surface area contributed by atoms with Crippen LogP contribution in [0.3, 0.4) is 0 Å². The summed E-state index contributed by atoms with van der Waals surface area (Å²) in [5.41, 5.74) is 3.22. The van der Waals surface area contributed by atoms with Crippen LogP contribution in [-0.4, -0.2) is 29.9 Å². The summed E-state index contributed by atoms with van der Waals surface area (Å²) >= 11 is 0. The van der Waals surface area contributed by atoms with Crippen LogP contribution in [0.25, 0.3) is 0 Å².